The second-order valence-electron chi connectivity index (χ2n) is 9.53. The molecular formula is C27H35NO4. The van der Waals surface area contributed by atoms with Crippen LogP contribution < -0.4 is 14.2 Å². The van der Waals surface area contributed by atoms with Gasteiger partial charge in [0, 0.05) is 13.2 Å². The number of likely N-dealkylation sites (tertiary alicyclic amines) is 1. The lowest BCUT2D eigenvalue weighted by Gasteiger charge is -2.45. The molecule has 0 bridgehead atoms. The minimum Gasteiger partial charge on any atom is -0.497 e. The zero-order valence-electron chi connectivity index (χ0n) is 19.3. The Morgan fingerprint density at radius 2 is 1.72 bits per heavy atom. The third-order valence-electron chi connectivity index (χ3n) is 7.88. The fraction of sp³-hybridized carbons (Fsp3) is 0.556. The molecule has 1 saturated carbocycles. The van der Waals surface area contributed by atoms with Crippen molar-refractivity contribution < 1.29 is 18.9 Å². The van der Waals surface area contributed by atoms with Crippen molar-refractivity contribution in [1.82, 2.24) is 4.90 Å². The molecule has 32 heavy (non-hydrogen) atoms. The number of fused-ring (bicyclic) bond motifs is 1. The summed E-state index contributed by atoms with van der Waals surface area (Å²) < 4.78 is 22.6. The van der Waals surface area contributed by atoms with E-state index >= 15 is 0 Å². The molecule has 2 aliphatic heterocycles. The Balaban J connectivity index is 1.15. The number of nitrogens with zero attached hydrogens (tertiary/aromatic N) is 1. The van der Waals surface area contributed by atoms with Gasteiger partial charge in [-0.3, -0.25) is 0 Å². The van der Waals surface area contributed by atoms with Crippen LogP contribution in [-0.2, 0) is 16.8 Å². The monoisotopic (exact) mass is 437 g/mol. The molecule has 5 nitrogen and oxygen atoms in total. The van der Waals surface area contributed by atoms with Crippen molar-refractivity contribution >= 4 is 0 Å². The fourth-order valence-corrected chi connectivity index (χ4v) is 5.88. The van der Waals surface area contributed by atoms with Gasteiger partial charge in [-0.05, 0) is 99.3 Å². The number of piperidine rings is 1. The van der Waals surface area contributed by atoms with E-state index in [1.165, 1.54) is 49.9 Å². The molecule has 1 saturated heterocycles. The number of rotatable bonds is 6. The number of ether oxygens (including phenoxy) is 4. The van der Waals surface area contributed by atoms with E-state index in [2.05, 4.69) is 35.2 Å². The molecule has 0 amide bonds. The second kappa shape index (κ2) is 9.32. The maximum atomic E-state index is 6.14. The summed E-state index contributed by atoms with van der Waals surface area (Å²) in [4.78, 5) is 2.74. The highest BCUT2D eigenvalue weighted by molar-refractivity contribution is 5.46. The fourth-order valence-electron chi connectivity index (χ4n) is 5.88. The van der Waals surface area contributed by atoms with E-state index in [-0.39, 0.29) is 5.60 Å². The zero-order chi connectivity index (χ0) is 22.0. The van der Waals surface area contributed by atoms with E-state index in [1.807, 2.05) is 19.2 Å². The van der Waals surface area contributed by atoms with Crippen LogP contribution in [0.4, 0.5) is 0 Å². The van der Waals surface area contributed by atoms with Crippen LogP contribution in [0.1, 0.15) is 49.7 Å². The summed E-state index contributed by atoms with van der Waals surface area (Å²) in [5, 5.41) is 0. The highest BCUT2D eigenvalue weighted by Crippen LogP contribution is 2.45. The van der Waals surface area contributed by atoms with Gasteiger partial charge in [0.2, 0.25) is 6.79 Å². The molecular weight excluding hydrogens is 402 g/mol. The van der Waals surface area contributed by atoms with E-state index in [4.69, 9.17) is 18.9 Å². The maximum Gasteiger partial charge on any atom is 0.231 e. The van der Waals surface area contributed by atoms with Crippen molar-refractivity contribution in [1.29, 1.82) is 0 Å². The standard InChI is InChI=1S/C27H35NO4/c1-29-24-5-3-4-21(17-24)16-20-10-14-28(15-11-20)23-8-12-27(30-2,13-9-23)22-6-7-25-26(18-22)32-19-31-25/h3-7,17-18,20,23H,8-16,19H2,1-2H3. The normalized spacial score (nSPS) is 26.2. The molecule has 0 atom stereocenters. The lowest BCUT2D eigenvalue weighted by molar-refractivity contribution is -0.0636. The Bertz CT molecular complexity index is 914. The molecule has 0 spiro atoms. The number of hydrogen-bond donors (Lipinski definition) is 0. The van der Waals surface area contributed by atoms with Gasteiger partial charge in [0.25, 0.3) is 0 Å². The first-order chi connectivity index (χ1) is 15.7. The third kappa shape index (κ3) is 4.33. The van der Waals surface area contributed by atoms with E-state index in [0.29, 0.717) is 12.8 Å². The average molecular weight is 438 g/mol. The average Bonchev–Trinajstić information content (AvgIpc) is 3.33. The molecule has 0 N–H and O–H groups in total. The summed E-state index contributed by atoms with van der Waals surface area (Å²) >= 11 is 0. The van der Waals surface area contributed by atoms with E-state index in [9.17, 15) is 0 Å². The minimum atomic E-state index is -0.206. The molecule has 172 valence electrons. The second-order valence-corrected chi connectivity index (χ2v) is 9.53. The van der Waals surface area contributed by atoms with E-state index in [1.54, 1.807) is 7.11 Å². The number of benzene rings is 2. The first-order valence-electron chi connectivity index (χ1n) is 12.0. The van der Waals surface area contributed by atoms with Crippen LogP contribution in [0.3, 0.4) is 0 Å². The van der Waals surface area contributed by atoms with Gasteiger partial charge in [-0.25, -0.2) is 0 Å². The molecule has 2 aromatic carbocycles. The lowest BCUT2D eigenvalue weighted by atomic mass is 9.76. The van der Waals surface area contributed by atoms with Crippen molar-refractivity contribution in [2.24, 2.45) is 5.92 Å². The highest BCUT2D eigenvalue weighted by Gasteiger charge is 2.40. The molecule has 3 aliphatic rings. The van der Waals surface area contributed by atoms with Crippen molar-refractivity contribution in [3.05, 3.63) is 53.6 Å². The van der Waals surface area contributed by atoms with Crippen molar-refractivity contribution in [3.63, 3.8) is 0 Å². The van der Waals surface area contributed by atoms with Gasteiger partial charge in [-0.15, -0.1) is 0 Å². The van der Waals surface area contributed by atoms with Crippen molar-refractivity contribution in [2.45, 2.75) is 56.6 Å². The molecule has 2 heterocycles. The van der Waals surface area contributed by atoms with Gasteiger partial charge >= 0.3 is 0 Å². The molecule has 1 aliphatic carbocycles. The largest absolute Gasteiger partial charge is 0.497 e. The van der Waals surface area contributed by atoms with Crippen molar-refractivity contribution in [2.75, 3.05) is 34.1 Å². The first kappa shape index (κ1) is 21.6. The topological polar surface area (TPSA) is 40.2 Å². The van der Waals surface area contributed by atoms with E-state index in [0.717, 1.165) is 42.4 Å². The number of hydrogen-bond acceptors (Lipinski definition) is 5. The zero-order valence-corrected chi connectivity index (χ0v) is 19.3. The van der Waals surface area contributed by atoms with Crippen LogP contribution in [0.2, 0.25) is 0 Å². The Kier molecular flexibility index (Phi) is 6.29. The predicted molar refractivity (Wildman–Crippen MR) is 125 cm³/mol. The van der Waals surface area contributed by atoms with Gasteiger partial charge in [-0.2, -0.15) is 0 Å². The smallest absolute Gasteiger partial charge is 0.231 e. The molecule has 0 radical (unpaired) electrons. The summed E-state index contributed by atoms with van der Waals surface area (Å²) in [5.41, 5.74) is 2.41. The van der Waals surface area contributed by atoms with Gasteiger partial charge in [0.05, 0.1) is 12.7 Å². The molecule has 2 aromatic rings. The summed E-state index contributed by atoms with van der Waals surface area (Å²) in [6.45, 7) is 2.74. The molecule has 5 rings (SSSR count). The molecule has 0 unspecified atom stereocenters. The summed E-state index contributed by atoms with van der Waals surface area (Å²) in [6.07, 6.45) is 8.20. The van der Waals surface area contributed by atoms with Gasteiger partial charge < -0.3 is 23.8 Å². The van der Waals surface area contributed by atoms with Gasteiger partial charge in [-0.1, -0.05) is 18.2 Å². The Labute approximate surface area is 191 Å². The van der Waals surface area contributed by atoms with Crippen LogP contribution in [0.5, 0.6) is 17.2 Å². The van der Waals surface area contributed by atoms with Crippen LogP contribution in [0, 0.1) is 5.92 Å². The highest BCUT2D eigenvalue weighted by atomic mass is 16.7. The SMILES string of the molecule is COc1cccc(CC2CCN(C3CCC(OC)(c4ccc5c(c4)OCO5)CC3)CC2)c1. The van der Waals surface area contributed by atoms with Gasteiger partial charge in [0.1, 0.15) is 5.75 Å². The van der Waals surface area contributed by atoms with Gasteiger partial charge in [0.15, 0.2) is 11.5 Å². The maximum absolute atomic E-state index is 6.14. The Morgan fingerprint density at radius 3 is 2.47 bits per heavy atom. The minimum absolute atomic E-state index is 0.206. The summed E-state index contributed by atoms with van der Waals surface area (Å²) in [6, 6.07) is 15.5. The first-order valence-corrected chi connectivity index (χ1v) is 12.0. The Hall–Kier alpha value is -2.24. The quantitative estimate of drug-likeness (QED) is 0.624. The van der Waals surface area contributed by atoms with E-state index < -0.39 is 0 Å². The van der Waals surface area contributed by atoms with Crippen LogP contribution in [-0.4, -0.2) is 45.0 Å². The summed E-state index contributed by atoms with van der Waals surface area (Å²) in [5.74, 6) is 3.42. The molecule has 5 heteroatoms. The number of methoxy groups -OCH3 is 2. The van der Waals surface area contributed by atoms with Crippen LogP contribution in [0.25, 0.3) is 0 Å². The molecule has 2 fully saturated rings. The Morgan fingerprint density at radius 1 is 0.938 bits per heavy atom. The lowest BCUT2D eigenvalue weighted by Crippen LogP contribution is -2.46. The predicted octanol–water partition coefficient (Wildman–Crippen LogP) is 5.16. The summed E-state index contributed by atoms with van der Waals surface area (Å²) in [7, 11) is 3.60. The van der Waals surface area contributed by atoms with Crippen LogP contribution >= 0.6 is 0 Å². The van der Waals surface area contributed by atoms with Crippen molar-refractivity contribution in [3.8, 4) is 17.2 Å². The molecule has 0 aromatic heterocycles. The third-order valence-corrected chi connectivity index (χ3v) is 7.88. The van der Waals surface area contributed by atoms with Crippen LogP contribution in [0.15, 0.2) is 42.5 Å².